The van der Waals surface area contributed by atoms with Gasteiger partial charge in [-0.15, -0.1) is 24.0 Å². The first-order valence-electron chi connectivity index (χ1n) is 6.79. The van der Waals surface area contributed by atoms with Gasteiger partial charge in [-0.25, -0.2) is 0 Å². The molecule has 19 heavy (non-hydrogen) atoms. The lowest BCUT2D eigenvalue weighted by molar-refractivity contribution is 0.399. The van der Waals surface area contributed by atoms with Crippen LogP contribution in [0.15, 0.2) is 4.99 Å². The summed E-state index contributed by atoms with van der Waals surface area (Å²) in [6.45, 7) is 5.43. The van der Waals surface area contributed by atoms with Crippen molar-refractivity contribution in [2.24, 2.45) is 4.99 Å². The minimum absolute atomic E-state index is 0. The summed E-state index contributed by atoms with van der Waals surface area (Å²) in [5.74, 6) is 2.23. The van der Waals surface area contributed by atoms with E-state index in [1.54, 1.807) is 0 Å². The van der Waals surface area contributed by atoms with Crippen molar-refractivity contribution in [1.29, 1.82) is 0 Å². The molecule has 4 nitrogen and oxygen atoms in total. The first kappa shape index (κ1) is 19.3. The number of nitrogens with one attached hydrogen (secondary N) is 2. The molecule has 0 aliphatic carbocycles. The Bertz CT molecular complexity index is 265. The van der Waals surface area contributed by atoms with E-state index >= 15 is 0 Å². The van der Waals surface area contributed by atoms with Gasteiger partial charge in [-0.3, -0.25) is 4.99 Å². The third kappa shape index (κ3) is 8.24. The summed E-state index contributed by atoms with van der Waals surface area (Å²) in [5, 5.41) is 6.81. The summed E-state index contributed by atoms with van der Waals surface area (Å²) in [7, 11) is 6.04. The number of hydrogen-bond donors (Lipinski definition) is 2. The monoisotopic (exact) mass is 400 g/mol. The van der Waals surface area contributed by atoms with Gasteiger partial charge in [0.05, 0.1) is 0 Å². The smallest absolute Gasteiger partial charge is 0.191 e. The Labute approximate surface area is 139 Å². The minimum Gasteiger partial charge on any atom is -0.356 e. The third-order valence-electron chi connectivity index (χ3n) is 3.23. The Morgan fingerprint density at radius 1 is 1.37 bits per heavy atom. The van der Waals surface area contributed by atoms with Gasteiger partial charge in [0.1, 0.15) is 0 Å². The second-order valence-electron chi connectivity index (χ2n) is 5.41. The summed E-state index contributed by atoms with van der Waals surface area (Å²) in [5.41, 5.74) is 0. The summed E-state index contributed by atoms with van der Waals surface area (Å²) in [4.78, 5) is 6.47. The van der Waals surface area contributed by atoms with Crippen LogP contribution in [0.1, 0.15) is 26.2 Å². The van der Waals surface area contributed by atoms with E-state index in [1.165, 1.54) is 18.6 Å². The van der Waals surface area contributed by atoms with Crippen molar-refractivity contribution in [3.63, 3.8) is 0 Å². The molecule has 0 radical (unpaired) electrons. The van der Waals surface area contributed by atoms with Crippen LogP contribution in [-0.4, -0.2) is 62.1 Å². The molecular weight excluding hydrogens is 371 g/mol. The van der Waals surface area contributed by atoms with Crippen molar-refractivity contribution >= 4 is 41.7 Å². The fourth-order valence-electron chi connectivity index (χ4n) is 2.07. The van der Waals surface area contributed by atoms with Gasteiger partial charge in [0.2, 0.25) is 0 Å². The lowest BCUT2D eigenvalue weighted by Gasteiger charge is -2.24. The van der Waals surface area contributed by atoms with E-state index in [-0.39, 0.29) is 24.0 Å². The topological polar surface area (TPSA) is 39.7 Å². The van der Waals surface area contributed by atoms with Crippen LogP contribution in [0.4, 0.5) is 0 Å². The van der Waals surface area contributed by atoms with E-state index in [0.29, 0.717) is 4.75 Å². The number of thioether (sulfide) groups is 1. The molecular formula is C13H29IN4S. The standard InChI is InChI=1S/C13H28N4S.HI/c1-13(7-5-10-18-13)11-16-12(14-2)15-8-6-9-17(3)4;/h5-11H2,1-4H3,(H2,14,15,16);1H. The molecule has 1 aliphatic heterocycles. The van der Waals surface area contributed by atoms with E-state index < -0.39 is 0 Å². The Balaban J connectivity index is 0.00000324. The number of nitrogens with zero attached hydrogens (tertiary/aromatic N) is 2. The molecule has 1 atom stereocenters. The summed E-state index contributed by atoms with van der Waals surface area (Å²) < 4.78 is 0.390. The second kappa shape index (κ2) is 10.1. The largest absolute Gasteiger partial charge is 0.356 e. The molecule has 0 bridgehead atoms. The van der Waals surface area contributed by atoms with Gasteiger partial charge in [-0.2, -0.15) is 11.8 Å². The highest BCUT2D eigenvalue weighted by atomic mass is 127. The lowest BCUT2D eigenvalue weighted by atomic mass is 10.1. The molecule has 0 amide bonds. The number of halogens is 1. The number of aliphatic imine (C=N–C) groups is 1. The maximum Gasteiger partial charge on any atom is 0.191 e. The van der Waals surface area contributed by atoms with Gasteiger partial charge < -0.3 is 15.5 Å². The SMILES string of the molecule is CN=C(NCCCN(C)C)NCC1(C)CCCS1.I. The maximum atomic E-state index is 4.27. The average Bonchev–Trinajstić information content (AvgIpc) is 2.75. The van der Waals surface area contributed by atoms with E-state index in [2.05, 4.69) is 53.3 Å². The van der Waals surface area contributed by atoms with Gasteiger partial charge in [0.15, 0.2) is 5.96 Å². The lowest BCUT2D eigenvalue weighted by Crippen LogP contribution is -2.44. The first-order valence-corrected chi connectivity index (χ1v) is 7.77. The fraction of sp³-hybridized carbons (Fsp3) is 0.923. The highest BCUT2D eigenvalue weighted by molar-refractivity contribution is 14.0. The van der Waals surface area contributed by atoms with Crippen molar-refractivity contribution in [2.45, 2.75) is 30.9 Å². The van der Waals surface area contributed by atoms with Gasteiger partial charge in [-0.05, 0) is 52.6 Å². The highest BCUT2D eigenvalue weighted by Crippen LogP contribution is 2.36. The fourth-order valence-corrected chi connectivity index (χ4v) is 3.31. The Morgan fingerprint density at radius 3 is 2.63 bits per heavy atom. The molecule has 1 heterocycles. The molecule has 1 fully saturated rings. The molecule has 1 aliphatic rings. The predicted molar refractivity (Wildman–Crippen MR) is 98.0 cm³/mol. The maximum absolute atomic E-state index is 4.27. The van der Waals surface area contributed by atoms with Crippen LogP contribution in [0, 0.1) is 0 Å². The van der Waals surface area contributed by atoms with Gasteiger partial charge >= 0.3 is 0 Å². The molecule has 1 unspecified atom stereocenters. The molecule has 0 saturated carbocycles. The average molecular weight is 400 g/mol. The third-order valence-corrected chi connectivity index (χ3v) is 4.77. The van der Waals surface area contributed by atoms with Crippen molar-refractivity contribution in [3.05, 3.63) is 0 Å². The van der Waals surface area contributed by atoms with Crippen LogP contribution in [0.2, 0.25) is 0 Å². The molecule has 1 rings (SSSR count). The predicted octanol–water partition coefficient (Wildman–Crippen LogP) is 2.01. The van der Waals surface area contributed by atoms with Crippen molar-refractivity contribution < 1.29 is 0 Å². The molecule has 2 N–H and O–H groups in total. The van der Waals surface area contributed by atoms with Crippen molar-refractivity contribution in [3.8, 4) is 0 Å². The van der Waals surface area contributed by atoms with E-state index in [4.69, 9.17) is 0 Å². The number of guanidine groups is 1. The molecule has 1 saturated heterocycles. The molecule has 0 aromatic heterocycles. The normalized spacial score (nSPS) is 23.3. The van der Waals surface area contributed by atoms with Crippen LogP contribution in [0.5, 0.6) is 0 Å². The van der Waals surface area contributed by atoms with Gasteiger partial charge in [0, 0.05) is 24.9 Å². The molecule has 114 valence electrons. The van der Waals surface area contributed by atoms with Crippen LogP contribution >= 0.6 is 35.7 Å². The van der Waals surface area contributed by atoms with Crippen LogP contribution < -0.4 is 10.6 Å². The zero-order valence-electron chi connectivity index (χ0n) is 12.7. The second-order valence-corrected chi connectivity index (χ2v) is 7.09. The zero-order chi connectivity index (χ0) is 13.4. The van der Waals surface area contributed by atoms with E-state index in [1.807, 2.05) is 7.05 Å². The van der Waals surface area contributed by atoms with Gasteiger partial charge in [0.25, 0.3) is 0 Å². The Kier molecular flexibility index (Phi) is 10.3. The summed E-state index contributed by atoms with van der Waals surface area (Å²) in [6, 6.07) is 0. The number of rotatable bonds is 6. The molecule has 0 aromatic carbocycles. The van der Waals surface area contributed by atoms with Crippen LogP contribution in [0.3, 0.4) is 0 Å². The van der Waals surface area contributed by atoms with Crippen LogP contribution in [-0.2, 0) is 0 Å². The van der Waals surface area contributed by atoms with Crippen molar-refractivity contribution in [2.75, 3.05) is 46.5 Å². The summed E-state index contributed by atoms with van der Waals surface area (Å²) >= 11 is 2.08. The van der Waals surface area contributed by atoms with Crippen molar-refractivity contribution in [1.82, 2.24) is 15.5 Å². The Hall–Kier alpha value is 0.310. The van der Waals surface area contributed by atoms with E-state index in [9.17, 15) is 0 Å². The summed E-state index contributed by atoms with van der Waals surface area (Å²) in [6.07, 6.45) is 3.79. The minimum atomic E-state index is 0. The highest BCUT2D eigenvalue weighted by Gasteiger charge is 2.29. The molecule has 0 aromatic rings. The molecule has 6 heteroatoms. The van der Waals surface area contributed by atoms with Gasteiger partial charge in [-0.1, -0.05) is 0 Å². The number of hydrogen-bond acceptors (Lipinski definition) is 3. The first-order chi connectivity index (χ1) is 8.56. The Morgan fingerprint density at radius 2 is 2.11 bits per heavy atom. The van der Waals surface area contributed by atoms with E-state index in [0.717, 1.165) is 32.0 Å². The quantitative estimate of drug-likeness (QED) is 0.310. The molecule has 0 spiro atoms. The zero-order valence-corrected chi connectivity index (χ0v) is 15.8. The van der Waals surface area contributed by atoms with Crippen LogP contribution in [0.25, 0.3) is 0 Å².